The van der Waals surface area contributed by atoms with Gasteiger partial charge in [0.2, 0.25) is 5.91 Å². The Kier molecular flexibility index (Phi) is 5.01. The fraction of sp³-hybridized carbons (Fsp3) is 0.500. The Morgan fingerprint density at radius 1 is 1.24 bits per heavy atom. The van der Waals surface area contributed by atoms with Crippen LogP contribution in [0.4, 0.5) is 5.69 Å². The Labute approximate surface area is 103 Å². The number of hydrogen-bond donors (Lipinski definition) is 0. The minimum atomic E-state index is 0.113. The summed E-state index contributed by atoms with van der Waals surface area (Å²) >= 11 is 0. The standard InChI is InChI=1S/C14H21NO2/c1-5-11(6-2)14(16)15(3)12-7-9-13(17-4)10-8-12/h7-11H,5-6H2,1-4H3. The molecular formula is C14H21NO2. The van der Waals surface area contributed by atoms with Crippen LogP contribution in [-0.4, -0.2) is 20.1 Å². The highest BCUT2D eigenvalue weighted by atomic mass is 16.5. The number of methoxy groups -OCH3 is 1. The van der Waals surface area contributed by atoms with E-state index in [0.717, 1.165) is 24.3 Å². The molecule has 0 bridgehead atoms. The maximum Gasteiger partial charge on any atom is 0.229 e. The lowest BCUT2D eigenvalue weighted by molar-refractivity contribution is -0.122. The molecule has 0 heterocycles. The van der Waals surface area contributed by atoms with Gasteiger partial charge in [-0.25, -0.2) is 0 Å². The summed E-state index contributed by atoms with van der Waals surface area (Å²) < 4.78 is 5.10. The number of anilines is 1. The lowest BCUT2D eigenvalue weighted by Gasteiger charge is -2.22. The molecule has 0 aliphatic rings. The van der Waals surface area contributed by atoms with E-state index >= 15 is 0 Å². The van der Waals surface area contributed by atoms with Crippen LogP contribution in [0.1, 0.15) is 26.7 Å². The van der Waals surface area contributed by atoms with E-state index in [9.17, 15) is 4.79 Å². The number of carbonyl (C=O) groups excluding carboxylic acids is 1. The molecule has 0 aliphatic carbocycles. The van der Waals surface area contributed by atoms with Crippen LogP contribution in [0, 0.1) is 5.92 Å². The van der Waals surface area contributed by atoms with Crippen LogP contribution in [0.15, 0.2) is 24.3 Å². The van der Waals surface area contributed by atoms with E-state index in [1.807, 2.05) is 45.2 Å². The molecule has 0 saturated heterocycles. The number of hydrogen-bond acceptors (Lipinski definition) is 2. The van der Waals surface area contributed by atoms with Gasteiger partial charge in [0.15, 0.2) is 0 Å². The predicted octanol–water partition coefficient (Wildman–Crippen LogP) is 3.09. The monoisotopic (exact) mass is 235 g/mol. The second-order valence-corrected chi connectivity index (χ2v) is 4.11. The van der Waals surface area contributed by atoms with E-state index in [-0.39, 0.29) is 11.8 Å². The van der Waals surface area contributed by atoms with Crippen molar-refractivity contribution >= 4 is 11.6 Å². The largest absolute Gasteiger partial charge is 0.497 e. The first-order chi connectivity index (χ1) is 8.13. The van der Waals surface area contributed by atoms with Gasteiger partial charge in [-0.1, -0.05) is 13.8 Å². The van der Waals surface area contributed by atoms with Crippen LogP contribution in [0.25, 0.3) is 0 Å². The summed E-state index contributed by atoms with van der Waals surface area (Å²) in [5.41, 5.74) is 0.905. The van der Waals surface area contributed by atoms with Gasteiger partial charge in [-0.2, -0.15) is 0 Å². The van der Waals surface area contributed by atoms with Crippen molar-refractivity contribution in [3.05, 3.63) is 24.3 Å². The molecule has 0 N–H and O–H groups in total. The molecule has 0 fully saturated rings. The molecule has 3 heteroatoms. The molecule has 0 saturated carbocycles. The fourth-order valence-corrected chi connectivity index (χ4v) is 1.84. The third-order valence-electron chi connectivity index (χ3n) is 3.13. The molecule has 0 aliphatic heterocycles. The van der Waals surface area contributed by atoms with Gasteiger partial charge in [0.1, 0.15) is 5.75 Å². The molecule has 17 heavy (non-hydrogen) atoms. The van der Waals surface area contributed by atoms with Crippen molar-refractivity contribution in [3.8, 4) is 5.75 Å². The molecule has 1 aromatic carbocycles. The highest BCUT2D eigenvalue weighted by Crippen LogP contribution is 2.21. The maximum atomic E-state index is 12.2. The van der Waals surface area contributed by atoms with Gasteiger partial charge in [0, 0.05) is 18.7 Å². The van der Waals surface area contributed by atoms with Crippen LogP contribution < -0.4 is 9.64 Å². The van der Waals surface area contributed by atoms with Gasteiger partial charge in [0.05, 0.1) is 7.11 Å². The minimum absolute atomic E-state index is 0.113. The number of carbonyl (C=O) groups is 1. The highest BCUT2D eigenvalue weighted by Gasteiger charge is 2.19. The number of rotatable bonds is 5. The predicted molar refractivity (Wildman–Crippen MR) is 70.5 cm³/mol. The Morgan fingerprint density at radius 2 is 1.76 bits per heavy atom. The molecule has 1 aromatic rings. The topological polar surface area (TPSA) is 29.5 Å². The van der Waals surface area contributed by atoms with Crippen molar-refractivity contribution in [3.63, 3.8) is 0 Å². The SMILES string of the molecule is CCC(CC)C(=O)N(C)c1ccc(OC)cc1. The Balaban J connectivity index is 2.80. The van der Waals surface area contributed by atoms with Crippen molar-refractivity contribution in [1.29, 1.82) is 0 Å². The zero-order valence-corrected chi connectivity index (χ0v) is 11.1. The average Bonchev–Trinajstić information content (AvgIpc) is 2.39. The lowest BCUT2D eigenvalue weighted by atomic mass is 10.0. The fourth-order valence-electron chi connectivity index (χ4n) is 1.84. The molecule has 94 valence electrons. The van der Waals surface area contributed by atoms with Crippen molar-refractivity contribution in [2.45, 2.75) is 26.7 Å². The van der Waals surface area contributed by atoms with Crippen LogP contribution in [-0.2, 0) is 4.79 Å². The van der Waals surface area contributed by atoms with E-state index in [1.165, 1.54) is 0 Å². The van der Waals surface area contributed by atoms with E-state index < -0.39 is 0 Å². The lowest BCUT2D eigenvalue weighted by Crippen LogP contribution is -2.32. The summed E-state index contributed by atoms with van der Waals surface area (Å²) in [7, 11) is 3.45. The zero-order valence-electron chi connectivity index (χ0n) is 11.1. The Hall–Kier alpha value is -1.51. The van der Waals surface area contributed by atoms with Crippen LogP contribution >= 0.6 is 0 Å². The summed E-state index contributed by atoms with van der Waals surface area (Å²) in [4.78, 5) is 13.9. The molecule has 0 atom stereocenters. The van der Waals surface area contributed by atoms with Crippen LogP contribution in [0.5, 0.6) is 5.75 Å². The van der Waals surface area contributed by atoms with E-state index in [4.69, 9.17) is 4.74 Å². The molecule has 1 rings (SSSR count). The quantitative estimate of drug-likeness (QED) is 0.785. The first-order valence-corrected chi connectivity index (χ1v) is 6.05. The number of benzene rings is 1. The molecule has 1 amide bonds. The van der Waals surface area contributed by atoms with Gasteiger partial charge in [0.25, 0.3) is 0 Å². The summed E-state index contributed by atoms with van der Waals surface area (Å²) in [6.45, 7) is 4.10. The summed E-state index contributed by atoms with van der Waals surface area (Å²) in [5, 5.41) is 0. The molecule has 0 radical (unpaired) electrons. The van der Waals surface area contributed by atoms with Crippen molar-refractivity contribution in [2.24, 2.45) is 5.92 Å². The minimum Gasteiger partial charge on any atom is -0.497 e. The number of amides is 1. The number of ether oxygens (including phenoxy) is 1. The molecule has 0 aromatic heterocycles. The summed E-state index contributed by atoms with van der Waals surface area (Å²) in [6, 6.07) is 7.54. The Morgan fingerprint density at radius 3 is 2.18 bits per heavy atom. The van der Waals surface area contributed by atoms with Gasteiger partial charge < -0.3 is 9.64 Å². The number of nitrogens with zero attached hydrogens (tertiary/aromatic N) is 1. The molecule has 0 unspecified atom stereocenters. The van der Waals surface area contributed by atoms with Crippen molar-refractivity contribution < 1.29 is 9.53 Å². The smallest absolute Gasteiger partial charge is 0.229 e. The Bertz CT molecular complexity index is 355. The first-order valence-electron chi connectivity index (χ1n) is 6.05. The average molecular weight is 235 g/mol. The maximum absolute atomic E-state index is 12.2. The third-order valence-corrected chi connectivity index (χ3v) is 3.13. The van der Waals surface area contributed by atoms with Gasteiger partial charge >= 0.3 is 0 Å². The highest BCUT2D eigenvalue weighted by molar-refractivity contribution is 5.94. The van der Waals surface area contributed by atoms with E-state index in [1.54, 1.807) is 12.0 Å². The first kappa shape index (κ1) is 13.6. The van der Waals surface area contributed by atoms with Crippen molar-refractivity contribution in [1.82, 2.24) is 0 Å². The molecule has 3 nitrogen and oxygen atoms in total. The van der Waals surface area contributed by atoms with Crippen molar-refractivity contribution in [2.75, 3.05) is 19.1 Å². The second-order valence-electron chi connectivity index (χ2n) is 4.11. The molecule has 0 spiro atoms. The van der Waals surface area contributed by atoms with E-state index in [2.05, 4.69) is 0 Å². The summed E-state index contributed by atoms with van der Waals surface area (Å²) in [6.07, 6.45) is 1.77. The zero-order chi connectivity index (χ0) is 12.8. The summed E-state index contributed by atoms with van der Waals surface area (Å²) in [5.74, 6) is 1.10. The van der Waals surface area contributed by atoms with Gasteiger partial charge in [-0.3, -0.25) is 4.79 Å². The van der Waals surface area contributed by atoms with Crippen LogP contribution in [0.3, 0.4) is 0 Å². The third kappa shape index (κ3) is 3.22. The molecular weight excluding hydrogens is 214 g/mol. The second kappa shape index (κ2) is 6.28. The van der Waals surface area contributed by atoms with Gasteiger partial charge in [-0.05, 0) is 37.1 Å². The van der Waals surface area contributed by atoms with Gasteiger partial charge in [-0.15, -0.1) is 0 Å². The normalized spacial score (nSPS) is 10.4. The van der Waals surface area contributed by atoms with Crippen LogP contribution in [0.2, 0.25) is 0 Å². The van der Waals surface area contributed by atoms with E-state index in [0.29, 0.717) is 0 Å².